The topological polar surface area (TPSA) is 79.8 Å². The maximum Gasteiger partial charge on any atom is 0.277 e. The number of nitrogens with zero attached hydrogens (tertiary/aromatic N) is 1. The molecule has 2 amide bonds. The van der Waals surface area contributed by atoms with Crippen LogP contribution < -0.4 is 15.5 Å². The zero-order chi connectivity index (χ0) is 21.2. The molecule has 0 aliphatic rings. The van der Waals surface area contributed by atoms with Gasteiger partial charge in [0, 0.05) is 17.0 Å². The number of rotatable bonds is 8. The number of anilines is 1. The Hall–Kier alpha value is -3.93. The van der Waals surface area contributed by atoms with Crippen LogP contribution in [0.25, 0.3) is 11.1 Å². The summed E-state index contributed by atoms with van der Waals surface area (Å²) in [7, 11) is 0. The van der Waals surface area contributed by atoms with Crippen molar-refractivity contribution in [2.75, 3.05) is 11.9 Å². The monoisotopic (exact) mass is 401 g/mol. The van der Waals surface area contributed by atoms with Crippen LogP contribution in [0.2, 0.25) is 0 Å². The molecule has 0 spiro atoms. The van der Waals surface area contributed by atoms with E-state index in [1.165, 1.54) is 0 Å². The molecular weight excluding hydrogens is 378 g/mol. The van der Waals surface area contributed by atoms with Crippen LogP contribution in [0, 0.1) is 0 Å². The Morgan fingerprint density at radius 2 is 1.47 bits per heavy atom. The van der Waals surface area contributed by atoms with Gasteiger partial charge < -0.3 is 10.1 Å². The molecule has 0 aliphatic heterocycles. The highest BCUT2D eigenvalue weighted by Crippen LogP contribution is 2.27. The molecule has 6 heteroatoms. The summed E-state index contributed by atoms with van der Waals surface area (Å²) in [5.74, 6) is -0.00717. The molecule has 0 radical (unpaired) electrons. The predicted octanol–water partition coefficient (Wildman–Crippen LogP) is 4.25. The number of hydrogen-bond donors (Lipinski definition) is 2. The first-order chi connectivity index (χ1) is 14.6. The van der Waals surface area contributed by atoms with Gasteiger partial charge >= 0.3 is 0 Å². The summed E-state index contributed by atoms with van der Waals surface area (Å²) in [6.45, 7) is 1.53. The van der Waals surface area contributed by atoms with Gasteiger partial charge in [-0.05, 0) is 30.7 Å². The van der Waals surface area contributed by atoms with Crippen LogP contribution in [0.1, 0.15) is 13.3 Å². The van der Waals surface area contributed by atoms with Crippen molar-refractivity contribution < 1.29 is 14.3 Å². The van der Waals surface area contributed by atoms with Crippen LogP contribution in [0.5, 0.6) is 5.75 Å². The minimum absolute atomic E-state index is 0.0585. The summed E-state index contributed by atoms with van der Waals surface area (Å²) in [6, 6.07) is 26.5. The van der Waals surface area contributed by atoms with E-state index in [1.54, 1.807) is 19.1 Å². The van der Waals surface area contributed by atoms with E-state index in [-0.39, 0.29) is 18.9 Å². The largest absolute Gasteiger partial charge is 0.484 e. The molecular formula is C24H23N3O3. The number of ether oxygens (including phenoxy) is 1. The smallest absolute Gasteiger partial charge is 0.277 e. The van der Waals surface area contributed by atoms with Crippen molar-refractivity contribution in [3.05, 3.63) is 84.9 Å². The second-order valence-electron chi connectivity index (χ2n) is 6.62. The zero-order valence-electron chi connectivity index (χ0n) is 16.7. The second kappa shape index (κ2) is 10.6. The van der Waals surface area contributed by atoms with Gasteiger partial charge in [0.2, 0.25) is 5.91 Å². The Bertz CT molecular complexity index is 1020. The molecule has 6 nitrogen and oxygen atoms in total. The molecule has 0 heterocycles. The van der Waals surface area contributed by atoms with E-state index in [4.69, 9.17) is 4.74 Å². The van der Waals surface area contributed by atoms with Crippen LogP contribution in [-0.4, -0.2) is 24.1 Å². The van der Waals surface area contributed by atoms with Crippen LogP contribution in [0.15, 0.2) is 90.0 Å². The Morgan fingerprint density at radius 3 is 2.20 bits per heavy atom. The molecule has 3 aromatic rings. The number of carbonyl (C=O) groups excluding carboxylic acids is 2. The van der Waals surface area contributed by atoms with Gasteiger partial charge in [-0.1, -0.05) is 66.7 Å². The maximum absolute atomic E-state index is 12.4. The average molecular weight is 401 g/mol. The van der Waals surface area contributed by atoms with Gasteiger partial charge in [0.25, 0.3) is 5.91 Å². The first-order valence-electron chi connectivity index (χ1n) is 9.56. The third kappa shape index (κ3) is 6.31. The molecule has 0 unspecified atom stereocenters. The van der Waals surface area contributed by atoms with Gasteiger partial charge in [0.1, 0.15) is 5.75 Å². The van der Waals surface area contributed by atoms with Crippen LogP contribution in [-0.2, 0) is 9.59 Å². The molecule has 152 valence electrons. The van der Waals surface area contributed by atoms with Crippen molar-refractivity contribution in [1.82, 2.24) is 5.43 Å². The Labute approximate surface area is 175 Å². The summed E-state index contributed by atoms with van der Waals surface area (Å²) in [4.78, 5) is 24.3. The fraction of sp³-hybridized carbons (Fsp3) is 0.125. The van der Waals surface area contributed by atoms with E-state index in [1.807, 2.05) is 72.8 Å². The van der Waals surface area contributed by atoms with Crippen LogP contribution >= 0.6 is 0 Å². The average Bonchev–Trinajstić information content (AvgIpc) is 2.78. The Balaban J connectivity index is 1.52. The quantitative estimate of drug-likeness (QED) is 0.437. The van der Waals surface area contributed by atoms with Crippen molar-refractivity contribution in [1.29, 1.82) is 0 Å². The van der Waals surface area contributed by atoms with E-state index in [9.17, 15) is 9.59 Å². The lowest BCUT2D eigenvalue weighted by Gasteiger charge is -2.11. The number of para-hydroxylation sites is 2. The van der Waals surface area contributed by atoms with Gasteiger partial charge in [-0.15, -0.1) is 0 Å². The fourth-order valence-corrected chi connectivity index (χ4v) is 2.78. The molecule has 0 bridgehead atoms. The van der Waals surface area contributed by atoms with Crippen molar-refractivity contribution in [2.24, 2.45) is 5.10 Å². The zero-order valence-corrected chi connectivity index (χ0v) is 16.7. The number of nitrogens with one attached hydrogen (secondary N) is 2. The molecule has 3 aromatic carbocycles. The number of carbonyl (C=O) groups is 2. The minimum Gasteiger partial charge on any atom is -0.484 e. The number of benzene rings is 3. The molecule has 2 N–H and O–H groups in total. The lowest BCUT2D eigenvalue weighted by atomic mass is 10.0. The third-order valence-corrected chi connectivity index (χ3v) is 4.19. The molecule has 3 rings (SSSR count). The minimum atomic E-state index is -0.395. The highest BCUT2D eigenvalue weighted by atomic mass is 16.5. The summed E-state index contributed by atoms with van der Waals surface area (Å²) >= 11 is 0. The maximum atomic E-state index is 12.4. The van der Waals surface area contributed by atoms with E-state index in [2.05, 4.69) is 15.8 Å². The number of amides is 2. The fourth-order valence-electron chi connectivity index (χ4n) is 2.78. The third-order valence-electron chi connectivity index (χ3n) is 4.19. The van der Waals surface area contributed by atoms with Gasteiger partial charge in [-0.25, -0.2) is 5.43 Å². The summed E-state index contributed by atoms with van der Waals surface area (Å²) in [6.07, 6.45) is 0.0585. The number of hydrazone groups is 1. The van der Waals surface area contributed by atoms with Gasteiger partial charge in [-0.3, -0.25) is 9.59 Å². The summed E-state index contributed by atoms with van der Waals surface area (Å²) in [5.41, 5.74) is 5.57. The van der Waals surface area contributed by atoms with Gasteiger partial charge in [-0.2, -0.15) is 5.10 Å². The number of hydrogen-bond acceptors (Lipinski definition) is 4. The molecule has 0 fully saturated rings. The summed E-state index contributed by atoms with van der Waals surface area (Å²) in [5, 5.41) is 6.89. The molecule has 0 aromatic heterocycles. The first-order valence-corrected chi connectivity index (χ1v) is 9.56. The summed E-state index contributed by atoms with van der Waals surface area (Å²) < 4.78 is 5.35. The first kappa shape index (κ1) is 20.8. The van der Waals surface area contributed by atoms with Gasteiger partial charge in [0.15, 0.2) is 6.61 Å². The second-order valence-corrected chi connectivity index (χ2v) is 6.62. The predicted molar refractivity (Wildman–Crippen MR) is 118 cm³/mol. The highest BCUT2D eigenvalue weighted by molar-refractivity contribution is 6.07. The SMILES string of the molecule is C/C(CC(=O)Nc1ccccc1-c1ccccc1)=N\NC(=O)COc1ccccc1. The van der Waals surface area contributed by atoms with Crippen molar-refractivity contribution in [2.45, 2.75) is 13.3 Å². The lowest BCUT2D eigenvalue weighted by molar-refractivity contribution is -0.123. The lowest BCUT2D eigenvalue weighted by Crippen LogP contribution is -2.26. The van der Waals surface area contributed by atoms with Crippen molar-refractivity contribution in [3.8, 4) is 16.9 Å². The molecule has 0 aliphatic carbocycles. The standard InChI is InChI=1S/C24H23N3O3/c1-18(26-27-24(29)17-30-20-12-6-3-7-13-20)16-23(28)25-22-15-9-8-14-21(22)19-10-4-2-5-11-19/h2-15H,16-17H2,1H3,(H,25,28)(H,27,29)/b26-18+. The molecule has 0 atom stereocenters. The molecule has 0 saturated heterocycles. The highest BCUT2D eigenvalue weighted by Gasteiger charge is 2.10. The van der Waals surface area contributed by atoms with Crippen molar-refractivity contribution in [3.63, 3.8) is 0 Å². The van der Waals surface area contributed by atoms with Gasteiger partial charge in [0.05, 0.1) is 6.42 Å². The van der Waals surface area contributed by atoms with E-state index < -0.39 is 5.91 Å². The molecule has 0 saturated carbocycles. The Morgan fingerprint density at radius 1 is 0.833 bits per heavy atom. The molecule has 30 heavy (non-hydrogen) atoms. The van der Waals surface area contributed by atoms with Crippen LogP contribution in [0.3, 0.4) is 0 Å². The van der Waals surface area contributed by atoms with E-state index in [0.717, 1.165) is 16.8 Å². The van der Waals surface area contributed by atoms with Crippen LogP contribution in [0.4, 0.5) is 5.69 Å². The normalized spacial score (nSPS) is 10.9. The van der Waals surface area contributed by atoms with E-state index >= 15 is 0 Å². The van der Waals surface area contributed by atoms with Crippen molar-refractivity contribution >= 4 is 23.2 Å². The van der Waals surface area contributed by atoms with E-state index in [0.29, 0.717) is 11.5 Å². The Kier molecular flexibility index (Phi) is 7.33.